The summed E-state index contributed by atoms with van der Waals surface area (Å²) in [5, 5.41) is 0. The molecular formula is C6H14O2. The van der Waals surface area contributed by atoms with Gasteiger partial charge in [-0.2, -0.15) is 0 Å². The second kappa shape index (κ2) is 3.87. The molecule has 1 heterocycles. The summed E-state index contributed by atoms with van der Waals surface area (Å²) in [7, 11) is 0. The Hall–Kier alpha value is -0.0800. The van der Waals surface area contributed by atoms with E-state index >= 15 is 0 Å². The van der Waals surface area contributed by atoms with Gasteiger partial charge in [-0.05, 0) is 6.42 Å². The molecule has 2 nitrogen and oxygen atoms in total. The minimum atomic E-state index is 0. The highest BCUT2D eigenvalue weighted by molar-refractivity contribution is 4.67. The van der Waals surface area contributed by atoms with E-state index in [2.05, 4.69) is 6.92 Å². The second-order valence-corrected chi connectivity index (χ2v) is 2.10. The molecule has 0 aromatic heterocycles. The molecule has 8 heavy (non-hydrogen) atoms. The number of hydrogen-bond acceptors (Lipinski definition) is 1. The normalized spacial score (nSPS) is 24.4. The molecule has 0 spiro atoms. The average molecular weight is 118 g/mol. The first-order valence-corrected chi connectivity index (χ1v) is 3.05. The van der Waals surface area contributed by atoms with Gasteiger partial charge in [0.15, 0.2) is 0 Å². The van der Waals surface area contributed by atoms with Crippen molar-refractivity contribution in [3.63, 3.8) is 0 Å². The molecule has 1 aliphatic heterocycles. The highest BCUT2D eigenvalue weighted by Gasteiger charge is 2.20. The Morgan fingerprint density at radius 2 is 2.25 bits per heavy atom. The summed E-state index contributed by atoms with van der Waals surface area (Å²) < 4.78 is 5.01. The summed E-state index contributed by atoms with van der Waals surface area (Å²) in [5.74, 6) is 0. The Morgan fingerprint density at radius 3 is 2.62 bits per heavy atom. The van der Waals surface area contributed by atoms with Gasteiger partial charge in [-0.3, -0.25) is 0 Å². The molecular weight excluding hydrogens is 104 g/mol. The molecule has 0 aromatic rings. The molecule has 0 bridgehead atoms. The second-order valence-electron chi connectivity index (χ2n) is 2.10. The van der Waals surface area contributed by atoms with Gasteiger partial charge in [-0.1, -0.05) is 19.8 Å². The molecule has 0 aliphatic carbocycles. The SMILES string of the molecule is CCCCC1CO1.O. The zero-order valence-corrected chi connectivity index (χ0v) is 5.31. The van der Waals surface area contributed by atoms with Gasteiger partial charge in [-0.15, -0.1) is 0 Å². The van der Waals surface area contributed by atoms with E-state index in [1.807, 2.05) is 0 Å². The maximum Gasteiger partial charge on any atom is 0.0810 e. The monoisotopic (exact) mass is 118 g/mol. The van der Waals surface area contributed by atoms with Crippen LogP contribution in [0, 0.1) is 0 Å². The first-order chi connectivity index (χ1) is 3.43. The van der Waals surface area contributed by atoms with Crippen molar-refractivity contribution in [3.8, 4) is 0 Å². The number of epoxide rings is 1. The van der Waals surface area contributed by atoms with Crippen LogP contribution in [0.3, 0.4) is 0 Å². The van der Waals surface area contributed by atoms with E-state index in [9.17, 15) is 0 Å². The Bertz CT molecular complexity index is 50.5. The van der Waals surface area contributed by atoms with Crippen LogP contribution >= 0.6 is 0 Å². The molecule has 0 aromatic carbocycles. The molecule has 1 atom stereocenters. The third kappa shape index (κ3) is 2.99. The molecule has 2 N–H and O–H groups in total. The van der Waals surface area contributed by atoms with E-state index in [4.69, 9.17) is 4.74 Å². The maximum atomic E-state index is 5.01. The number of ether oxygens (including phenoxy) is 1. The van der Waals surface area contributed by atoms with Crippen LogP contribution < -0.4 is 0 Å². The number of unbranched alkanes of at least 4 members (excludes halogenated alkanes) is 1. The van der Waals surface area contributed by atoms with Gasteiger partial charge in [0, 0.05) is 0 Å². The first kappa shape index (κ1) is 7.92. The Kier molecular flexibility index (Phi) is 3.83. The zero-order chi connectivity index (χ0) is 5.11. The van der Waals surface area contributed by atoms with Crippen molar-refractivity contribution in [2.45, 2.75) is 32.3 Å². The van der Waals surface area contributed by atoms with Crippen LogP contribution in [0.4, 0.5) is 0 Å². The minimum absolute atomic E-state index is 0. The summed E-state index contributed by atoms with van der Waals surface area (Å²) in [6, 6.07) is 0. The van der Waals surface area contributed by atoms with Crippen LogP contribution in [0.15, 0.2) is 0 Å². The quantitative estimate of drug-likeness (QED) is 0.504. The van der Waals surface area contributed by atoms with E-state index in [0.29, 0.717) is 6.10 Å². The topological polar surface area (TPSA) is 44.0 Å². The number of hydrogen-bond donors (Lipinski definition) is 0. The van der Waals surface area contributed by atoms with Crippen molar-refractivity contribution in [1.29, 1.82) is 0 Å². The molecule has 1 aliphatic rings. The molecule has 1 saturated heterocycles. The van der Waals surface area contributed by atoms with E-state index in [1.54, 1.807) is 0 Å². The maximum absolute atomic E-state index is 5.01. The molecule has 1 fully saturated rings. The predicted molar refractivity (Wildman–Crippen MR) is 32.9 cm³/mol. The fourth-order valence-electron chi connectivity index (χ4n) is 0.667. The highest BCUT2D eigenvalue weighted by atomic mass is 16.6. The molecule has 50 valence electrons. The lowest BCUT2D eigenvalue weighted by atomic mass is 10.2. The largest absolute Gasteiger partial charge is 0.412 e. The fourth-order valence-corrected chi connectivity index (χ4v) is 0.667. The summed E-state index contributed by atoms with van der Waals surface area (Å²) in [5.41, 5.74) is 0. The van der Waals surface area contributed by atoms with Gasteiger partial charge in [0.2, 0.25) is 0 Å². The zero-order valence-electron chi connectivity index (χ0n) is 5.31. The Morgan fingerprint density at radius 1 is 1.62 bits per heavy atom. The van der Waals surface area contributed by atoms with Crippen molar-refractivity contribution >= 4 is 0 Å². The van der Waals surface area contributed by atoms with Gasteiger partial charge in [0.1, 0.15) is 0 Å². The first-order valence-electron chi connectivity index (χ1n) is 3.05. The summed E-state index contributed by atoms with van der Waals surface area (Å²) in [4.78, 5) is 0. The van der Waals surface area contributed by atoms with Crippen molar-refractivity contribution < 1.29 is 10.2 Å². The van der Waals surface area contributed by atoms with Gasteiger partial charge < -0.3 is 10.2 Å². The van der Waals surface area contributed by atoms with Crippen LogP contribution in [0.25, 0.3) is 0 Å². The standard InChI is InChI=1S/C6H12O.H2O/c1-2-3-4-6-5-7-6;/h6H,2-5H2,1H3;1H2. The van der Waals surface area contributed by atoms with Crippen molar-refractivity contribution in [1.82, 2.24) is 0 Å². The Labute approximate surface area is 50.2 Å². The van der Waals surface area contributed by atoms with Gasteiger partial charge in [0.05, 0.1) is 12.7 Å². The van der Waals surface area contributed by atoms with Crippen LogP contribution in [0.5, 0.6) is 0 Å². The van der Waals surface area contributed by atoms with Crippen LogP contribution in [0.1, 0.15) is 26.2 Å². The van der Waals surface area contributed by atoms with Crippen LogP contribution in [0.2, 0.25) is 0 Å². The summed E-state index contributed by atoms with van der Waals surface area (Å²) in [6.07, 6.45) is 4.58. The summed E-state index contributed by atoms with van der Waals surface area (Å²) >= 11 is 0. The van der Waals surface area contributed by atoms with E-state index in [-0.39, 0.29) is 5.48 Å². The van der Waals surface area contributed by atoms with Crippen LogP contribution in [-0.4, -0.2) is 18.2 Å². The van der Waals surface area contributed by atoms with Crippen molar-refractivity contribution in [2.24, 2.45) is 0 Å². The molecule has 0 radical (unpaired) electrons. The lowest BCUT2D eigenvalue weighted by Crippen LogP contribution is -1.81. The lowest BCUT2D eigenvalue weighted by Gasteiger charge is -1.86. The Balaban J connectivity index is 0.000000490. The fraction of sp³-hybridized carbons (Fsp3) is 1.00. The molecule has 1 rings (SSSR count). The highest BCUT2D eigenvalue weighted by Crippen LogP contribution is 2.15. The molecule has 0 saturated carbocycles. The van der Waals surface area contributed by atoms with E-state index in [0.717, 1.165) is 6.61 Å². The number of rotatable bonds is 3. The van der Waals surface area contributed by atoms with Gasteiger partial charge in [0.25, 0.3) is 0 Å². The van der Waals surface area contributed by atoms with Gasteiger partial charge in [-0.25, -0.2) is 0 Å². The summed E-state index contributed by atoms with van der Waals surface area (Å²) in [6.45, 7) is 3.24. The third-order valence-electron chi connectivity index (χ3n) is 1.28. The molecule has 1 unspecified atom stereocenters. The van der Waals surface area contributed by atoms with E-state index in [1.165, 1.54) is 19.3 Å². The van der Waals surface area contributed by atoms with Crippen molar-refractivity contribution in [3.05, 3.63) is 0 Å². The predicted octanol–water partition coefficient (Wildman–Crippen LogP) is 0.751. The molecule has 0 amide bonds. The van der Waals surface area contributed by atoms with Gasteiger partial charge >= 0.3 is 0 Å². The third-order valence-corrected chi connectivity index (χ3v) is 1.28. The average Bonchev–Trinajstić information content (AvgIpc) is 2.42. The smallest absolute Gasteiger partial charge is 0.0810 e. The van der Waals surface area contributed by atoms with Crippen molar-refractivity contribution in [2.75, 3.05) is 6.61 Å². The minimum Gasteiger partial charge on any atom is -0.412 e. The molecule has 2 heteroatoms. The lowest BCUT2D eigenvalue weighted by molar-refractivity contribution is 0.391. The van der Waals surface area contributed by atoms with E-state index < -0.39 is 0 Å². The van der Waals surface area contributed by atoms with Crippen LogP contribution in [-0.2, 0) is 4.74 Å².